The van der Waals surface area contributed by atoms with E-state index in [1.54, 1.807) is 6.07 Å². The molecule has 0 aliphatic carbocycles. The monoisotopic (exact) mass is 314 g/mol. The first-order chi connectivity index (χ1) is 10.5. The number of hydrogen-bond donors (Lipinski definition) is 1. The van der Waals surface area contributed by atoms with Crippen LogP contribution in [-0.4, -0.2) is 13.4 Å². The van der Waals surface area contributed by atoms with Crippen molar-refractivity contribution in [1.29, 1.82) is 0 Å². The van der Waals surface area contributed by atoms with Crippen molar-refractivity contribution >= 4 is 10.0 Å². The minimum Gasteiger partial charge on any atom is -0.445 e. The van der Waals surface area contributed by atoms with Gasteiger partial charge in [-0.15, -0.1) is 0 Å². The van der Waals surface area contributed by atoms with Gasteiger partial charge in [0.2, 0.25) is 15.9 Å². The third-order valence-corrected chi connectivity index (χ3v) is 4.26. The van der Waals surface area contributed by atoms with Crippen LogP contribution in [0, 0.1) is 6.92 Å². The second-order valence-corrected chi connectivity index (χ2v) is 6.47. The Hall–Kier alpha value is -2.44. The van der Waals surface area contributed by atoms with E-state index in [-0.39, 0.29) is 4.90 Å². The number of rotatable bonds is 3. The Bertz CT molecular complexity index is 902. The predicted octanol–water partition coefficient (Wildman–Crippen LogP) is 2.96. The lowest BCUT2D eigenvalue weighted by Gasteiger charge is -2.13. The number of hydrogen-bond acceptors (Lipinski definition) is 4. The Kier molecular flexibility index (Phi) is 3.56. The molecule has 0 radical (unpaired) electrons. The van der Waals surface area contributed by atoms with Crippen molar-refractivity contribution in [2.75, 3.05) is 0 Å². The highest BCUT2D eigenvalue weighted by Crippen LogP contribution is 2.35. The molecule has 2 N–H and O–H groups in total. The third kappa shape index (κ3) is 2.66. The van der Waals surface area contributed by atoms with Crippen LogP contribution < -0.4 is 5.14 Å². The Labute approximate surface area is 128 Å². The fraction of sp³-hybridized carbons (Fsp3) is 0.0625. The fourth-order valence-corrected chi connectivity index (χ4v) is 3.05. The summed E-state index contributed by atoms with van der Waals surface area (Å²) in [6.07, 6.45) is 2.96. The molecule has 0 saturated carbocycles. The average molecular weight is 314 g/mol. The number of primary sulfonamides is 1. The Balaban J connectivity index is 2.35. The minimum atomic E-state index is -3.81. The fourth-order valence-electron chi connectivity index (χ4n) is 2.43. The molecule has 0 spiro atoms. The van der Waals surface area contributed by atoms with Gasteiger partial charge < -0.3 is 4.42 Å². The van der Waals surface area contributed by atoms with Gasteiger partial charge in [-0.2, -0.15) is 0 Å². The molecule has 0 fully saturated rings. The van der Waals surface area contributed by atoms with Crippen LogP contribution in [0.1, 0.15) is 5.56 Å². The predicted molar refractivity (Wildman–Crippen MR) is 83.5 cm³/mol. The van der Waals surface area contributed by atoms with Gasteiger partial charge in [0.05, 0.1) is 11.1 Å². The summed E-state index contributed by atoms with van der Waals surface area (Å²) in [4.78, 5) is 4.17. The smallest absolute Gasteiger partial charge is 0.238 e. The number of sulfonamides is 1. The number of nitrogens with zero attached hydrogens (tertiary/aromatic N) is 1. The molecule has 1 heterocycles. The highest BCUT2D eigenvalue weighted by atomic mass is 32.2. The number of oxazole rings is 1. The van der Waals surface area contributed by atoms with Gasteiger partial charge >= 0.3 is 0 Å². The summed E-state index contributed by atoms with van der Waals surface area (Å²) in [5.41, 5.74) is 3.20. The van der Waals surface area contributed by atoms with E-state index in [1.807, 2.05) is 37.3 Å². The first kappa shape index (κ1) is 14.5. The molecule has 6 heteroatoms. The second kappa shape index (κ2) is 5.40. The van der Waals surface area contributed by atoms with Crippen molar-refractivity contribution in [1.82, 2.24) is 4.98 Å². The summed E-state index contributed by atoms with van der Waals surface area (Å²) in [6, 6.07) is 12.7. The average Bonchev–Trinajstić information content (AvgIpc) is 3.00. The zero-order chi connectivity index (χ0) is 15.7. The maximum Gasteiger partial charge on any atom is 0.238 e. The van der Waals surface area contributed by atoms with Gasteiger partial charge in [-0.25, -0.2) is 18.5 Å². The molecule has 5 nitrogen and oxygen atoms in total. The van der Waals surface area contributed by atoms with E-state index in [1.165, 1.54) is 18.5 Å². The van der Waals surface area contributed by atoms with Gasteiger partial charge in [0.25, 0.3) is 0 Å². The largest absolute Gasteiger partial charge is 0.445 e. The molecule has 0 aliphatic heterocycles. The number of benzene rings is 2. The van der Waals surface area contributed by atoms with E-state index in [4.69, 9.17) is 9.56 Å². The first-order valence-corrected chi connectivity index (χ1v) is 8.14. The lowest BCUT2D eigenvalue weighted by molar-refractivity contribution is 0.574. The zero-order valence-electron chi connectivity index (χ0n) is 11.9. The number of aromatic nitrogens is 1. The molecule has 0 amide bonds. The van der Waals surface area contributed by atoms with Gasteiger partial charge in [-0.05, 0) is 35.7 Å². The summed E-state index contributed by atoms with van der Waals surface area (Å²) in [6.45, 7) is 1.84. The van der Waals surface area contributed by atoms with E-state index in [0.29, 0.717) is 11.5 Å². The molecule has 22 heavy (non-hydrogen) atoms. The highest BCUT2D eigenvalue weighted by molar-refractivity contribution is 7.89. The molecule has 0 unspecified atom stereocenters. The van der Waals surface area contributed by atoms with E-state index >= 15 is 0 Å². The van der Waals surface area contributed by atoms with Crippen molar-refractivity contribution in [2.24, 2.45) is 5.14 Å². The van der Waals surface area contributed by atoms with E-state index < -0.39 is 10.0 Å². The summed E-state index contributed by atoms with van der Waals surface area (Å²) in [5.74, 6) is 0.354. The van der Waals surface area contributed by atoms with Crippen molar-refractivity contribution in [3.8, 4) is 22.6 Å². The van der Waals surface area contributed by atoms with Crippen molar-refractivity contribution in [3.05, 3.63) is 60.5 Å². The van der Waals surface area contributed by atoms with Crippen molar-refractivity contribution in [3.63, 3.8) is 0 Å². The lowest BCUT2D eigenvalue weighted by atomic mass is 9.95. The van der Waals surface area contributed by atoms with E-state index in [9.17, 15) is 8.42 Å². The van der Waals surface area contributed by atoms with Gasteiger partial charge in [-0.1, -0.05) is 30.3 Å². The van der Waals surface area contributed by atoms with E-state index in [2.05, 4.69) is 4.98 Å². The van der Waals surface area contributed by atoms with Crippen LogP contribution in [0.25, 0.3) is 22.6 Å². The zero-order valence-corrected chi connectivity index (χ0v) is 12.7. The van der Waals surface area contributed by atoms with Crippen LogP contribution >= 0.6 is 0 Å². The Morgan fingerprint density at radius 1 is 1.14 bits per heavy atom. The van der Waals surface area contributed by atoms with Gasteiger partial charge in [0, 0.05) is 5.56 Å². The summed E-state index contributed by atoms with van der Waals surface area (Å²) in [5, 5.41) is 5.26. The standard InChI is InChI=1S/C16H14N2O3S/c1-11-9-13(22(17,19)20)10-14(16-18-7-8-21-16)15(11)12-5-3-2-4-6-12/h2-10H,1H3,(H2,17,19,20). The topological polar surface area (TPSA) is 86.2 Å². The lowest BCUT2D eigenvalue weighted by Crippen LogP contribution is -2.12. The quantitative estimate of drug-likeness (QED) is 0.805. The third-order valence-electron chi connectivity index (χ3n) is 3.36. The molecular formula is C16H14N2O3S. The molecule has 0 aliphatic rings. The molecule has 0 bridgehead atoms. The highest BCUT2D eigenvalue weighted by Gasteiger charge is 2.19. The molecule has 3 rings (SSSR count). The minimum absolute atomic E-state index is 0.0397. The van der Waals surface area contributed by atoms with Crippen LogP contribution in [0.2, 0.25) is 0 Å². The van der Waals surface area contributed by atoms with Crippen LogP contribution in [0.5, 0.6) is 0 Å². The van der Waals surface area contributed by atoms with Crippen molar-refractivity contribution in [2.45, 2.75) is 11.8 Å². The van der Waals surface area contributed by atoms with Crippen LogP contribution in [0.3, 0.4) is 0 Å². The van der Waals surface area contributed by atoms with Crippen LogP contribution in [-0.2, 0) is 10.0 Å². The number of nitrogens with two attached hydrogens (primary N) is 1. The maximum atomic E-state index is 11.7. The molecule has 3 aromatic rings. The molecule has 0 atom stereocenters. The van der Waals surface area contributed by atoms with Gasteiger partial charge in [0.15, 0.2) is 0 Å². The SMILES string of the molecule is Cc1cc(S(N)(=O)=O)cc(-c2ncco2)c1-c1ccccc1. The molecule has 112 valence electrons. The maximum absolute atomic E-state index is 11.7. The van der Waals surface area contributed by atoms with Crippen LogP contribution in [0.4, 0.5) is 0 Å². The molecular weight excluding hydrogens is 300 g/mol. The van der Waals surface area contributed by atoms with E-state index in [0.717, 1.165) is 16.7 Å². The normalized spacial score (nSPS) is 11.5. The number of aryl methyl sites for hydroxylation is 1. The molecule has 1 aromatic heterocycles. The van der Waals surface area contributed by atoms with Crippen LogP contribution in [0.15, 0.2) is 64.2 Å². The summed E-state index contributed by atoms with van der Waals surface area (Å²) in [7, 11) is -3.81. The van der Waals surface area contributed by atoms with Gasteiger partial charge in [-0.3, -0.25) is 0 Å². The second-order valence-electron chi connectivity index (χ2n) is 4.91. The molecule has 0 saturated heterocycles. The summed E-state index contributed by atoms with van der Waals surface area (Å²) >= 11 is 0. The summed E-state index contributed by atoms with van der Waals surface area (Å²) < 4.78 is 28.7. The molecule has 2 aromatic carbocycles. The van der Waals surface area contributed by atoms with Crippen molar-refractivity contribution < 1.29 is 12.8 Å². The Morgan fingerprint density at radius 2 is 1.86 bits per heavy atom. The first-order valence-electron chi connectivity index (χ1n) is 6.59. The van der Waals surface area contributed by atoms with Gasteiger partial charge in [0.1, 0.15) is 6.26 Å². The Morgan fingerprint density at radius 3 is 2.45 bits per heavy atom.